The van der Waals surface area contributed by atoms with Crippen LogP contribution in [0.5, 0.6) is 0 Å². The Morgan fingerprint density at radius 3 is 2.89 bits per heavy atom. The summed E-state index contributed by atoms with van der Waals surface area (Å²) in [7, 11) is 0. The second kappa shape index (κ2) is 13.2. The number of halogens is 2. The van der Waals surface area contributed by atoms with Crippen LogP contribution in [0.3, 0.4) is 0 Å². The van der Waals surface area contributed by atoms with E-state index in [4.69, 9.17) is 21.1 Å². The molecule has 0 amide bonds. The molecule has 0 radical (unpaired) electrons. The summed E-state index contributed by atoms with van der Waals surface area (Å²) in [5, 5.41) is 10.8. The summed E-state index contributed by atoms with van der Waals surface area (Å²) in [6.07, 6.45) is 5.04. The van der Waals surface area contributed by atoms with E-state index < -0.39 is 11.9 Å². The van der Waals surface area contributed by atoms with Gasteiger partial charge in [0.2, 0.25) is 0 Å². The standard InChI is InChI=1S/C28H35ClFNO4/c1-4-34-28(33)13-11-24-19(2)7-5-9-25(24)20(3)35-18-23(32)17-31-14-6-8-22(31)15-21-10-12-26(29)27(30)16-21/h5,7,9-13,16,20,22-23,32H,4,6,8,14-15,17-18H2,1-3H3/b13-11+/t20-,22+,23-/m1/s1. The molecule has 1 heterocycles. The number of aryl methyl sites for hydroxylation is 1. The number of nitrogens with zero attached hydrogens (tertiary/aromatic N) is 1. The van der Waals surface area contributed by atoms with Gasteiger partial charge in [0.05, 0.1) is 30.4 Å². The third kappa shape index (κ3) is 7.87. The molecule has 0 saturated carbocycles. The van der Waals surface area contributed by atoms with Gasteiger partial charge in [-0.3, -0.25) is 4.90 Å². The van der Waals surface area contributed by atoms with Crippen molar-refractivity contribution in [3.8, 4) is 0 Å². The van der Waals surface area contributed by atoms with Gasteiger partial charge >= 0.3 is 5.97 Å². The number of hydrogen-bond donors (Lipinski definition) is 1. The summed E-state index contributed by atoms with van der Waals surface area (Å²) in [5.41, 5.74) is 3.79. The summed E-state index contributed by atoms with van der Waals surface area (Å²) in [6.45, 7) is 7.61. The first-order valence-electron chi connectivity index (χ1n) is 12.2. The van der Waals surface area contributed by atoms with E-state index >= 15 is 0 Å². The Morgan fingerprint density at radius 2 is 2.14 bits per heavy atom. The maximum atomic E-state index is 13.8. The Bertz CT molecular complexity index is 1030. The molecule has 0 aliphatic carbocycles. The molecular weight excluding hydrogens is 469 g/mol. The zero-order chi connectivity index (χ0) is 25.4. The molecule has 1 N–H and O–H groups in total. The van der Waals surface area contributed by atoms with Crippen molar-refractivity contribution < 1.29 is 23.8 Å². The molecule has 2 aromatic rings. The molecule has 1 aliphatic rings. The summed E-state index contributed by atoms with van der Waals surface area (Å²) < 4.78 is 24.8. The molecule has 5 nitrogen and oxygen atoms in total. The van der Waals surface area contributed by atoms with Crippen molar-refractivity contribution in [2.24, 2.45) is 0 Å². The second-order valence-electron chi connectivity index (χ2n) is 9.04. The first-order chi connectivity index (χ1) is 16.8. The van der Waals surface area contributed by atoms with Crippen LogP contribution in [-0.2, 0) is 20.7 Å². The zero-order valence-corrected chi connectivity index (χ0v) is 21.4. The molecule has 1 aliphatic heterocycles. The number of aliphatic hydroxyl groups excluding tert-OH is 1. The molecule has 3 rings (SSSR count). The molecule has 35 heavy (non-hydrogen) atoms. The lowest BCUT2D eigenvalue weighted by atomic mass is 9.98. The van der Waals surface area contributed by atoms with Crippen molar-refractivity contribution in [3.05, 3.63) is 75.6 Å². The van der Waals surface area contributed by atoms with Crippen molar-refractivity contribution in [2.45, 2.75) is 58.3 Å². The SMILES string of the molecule is CCOC(=O)/C=C/c1c(C)cccc1[C@@H](C)OC[C@H](O)CN1CCC[C@H]1Cc1ccc(Cl)c(F)c1. The van der Waals surface area contributed by atoms with E-state index in [2.05, 4.69) is 4.90 Å². The van der Waals surface area contributed by atoms with Crippen LogP contribution in [0, 0.1) is 12.7 Å². The van der Waals surface area contributed by atoms with Crippen LogP contribution in [0.4, 0.5) is 4.39 Å². The Morgan fingerprint density at radius 1 is 1.34 bits per heavy atom. The van der Waals surface area contributed by atoms with Gasteiger partial charge in [0.1, 0.15) is 5.82 Å². The Balaban J connectivity index is 1.56. The minimum absolute atomic E-state index is 0.131. The normalized spacial score (nSPS) is 18.2. The molecular formula is C28H35ClFNO4. The number of carbonyl (C=O) groups excluding carboxylic acids is 1. The van der Waals surface area contributed by atoms with E-state index in [1.54, 1.807) is 19.1 Å². The summed E-state index contributed by atoms with van der Waals surface area (Å²) >= 11 is 5.81. The molecule has 1 fully saturated rings. The van der Waals surface area contributed by atoms with Gasteiger partial charge < -0.3 is 14.6 Å². The Labute approximate surface area is 212 Å². The van der Waals surface area contributed by atoms with Crippen LogP contribution in [0.25, 0.3) is 6.08 Å². The van der Waals surface area contributed by atoms with E-state index in [0.717, 1.165) is 48.1 Å². The number of ether oxygens (including phenoxy) is 2. The van der Waals surface area contributed by atoms with Crippen LogP contribution in [0.15, 0.2) is 42.5 Å². The lowest BCUT2D eigenvalue weighted by molar-refractivity contribution is -0.137. The molecule has 0 spiro atoms. The molecule has 1 saturated heterocycles. The summed E-state index contributed by atoms with van der Waals surface area (Å²) in [4.78, 5) is 14.0. The van der Waals surface area contributed by atoms with Gasteiger partial charge in [0, 0.05) is 18.7 Å². The van der Waals surface area contributed by atoms with Gasteiger partial charge in [0.15, 0.2) is 0 Å². The molecule has 190 valence electrons. The lowest BCUT2D eigenvalue weighted by Crippen LogP contribution is -2.39. The number of rotatable bonds is 11. The van der Waals surface area contributed by atoms with Crippen molar-refractivity contribution >= 4 is 23.6 Å². The van der Waals surface area contributed by atoms with Gasteiger partial charge in [-0.05, 0) is 87.0 Å². The summed E-state index contributed by atoms with van der Waals surface area (Å²) in [5.74, 6) is -0.782. The topological polar surface area (TPSA) is 59.0 Å². The van der Waals surface area contributed by atoms with E-state index in [-0.39, 0.29) is 29.7 Å². The van der Waals surface area contributed by atoms with E-state index in [9.17, 15) is 14.3 Å². The van der Waals surface area contributed by atoms with Crippen LogP contribution < -0.4 is 0 Å². The van der Waals surface area contributed by atoms with Gasteiger partial charge in [-0.15, -0.1) is 0 Å². The maximum Gasteiger partial charge on any atom is 0.330 e. The average Bonchev–Trinajstić information content (AvgIpc) is 3.25. The van der Waals surface area contributed by atoms with Crippen LogP contribution in [-0.4, -0.2) is 54.4 Å². The van der Waals surface area contributed by atoms with Crippen LogP contribution in [0.2, 0.25) is 5.02 Å². The second-order valence-corrected chi connectivity index (χ2v) is 9.44. The maximum absolute atomic E-state index is 13.8. The monoisotopic (exact) mass is 503 g/mol. The fourth-order valence-electron chi connectivity index (χ4n) is 4.60. The highest BCUT2D eigenvalue weighted by Gasteiger charge is 2.27. The first-order valence-corrected chi connectivity index (χ1v) is 12.6. The van der Waals surface area contributed by atoms with E-state index in [1.165, 1.54) is 12.1 Å². The smallest absolute Gasteiger partial charge is 0.330 e. The number of carbonyl (C=O) groups is 1. The highest BCUT2D eigenvalue weighted by atomic mass is 35.5. The van der Waals surface area contributed by atoms with Gasteiger partial charge in [-0.2, -0.15) is 0 Å². The lowest BCUT2D eigenvalue weighted by Gasteiger charge is -2.27. The Hall–Kier alpha value is -2.25. The van der Waals surface area contributed by atoms with Crippen molar-refractivity contribution in [1.82, 2.24) is 4.90 Å². The van der Waals surface area contributed by atoms with Crippen molar-refractivity contribution in [1.29, 1.82) is 0 Å². The molecule has 0 unspecified atom stereocenters. The minimum Gasteiger partial charge on any atom is -0.463 e. The quantitative estimate of drug-likeness (QED) is 0.323. The molecule has 0 bridgehead atoms. The summed E-state index contributed by atoms with van der Waals surface area (Å²) in [6, 6.07) is 11.1. The molecule has 3 atom stereocenters. The number of hydrogen-bond acceptors (Lipinski definition) is 5. The van der Waals surface area contributed by atoms with Gasteiger partial charge in [-0.25, -0.2) is 9.18 Å². The molecule has 2 aromatic carbocycles. The number of β-amino-alcohol motifs (C(OH)–C–C–N with tert-alkyl or cyclic N) is 1. The molecule has 0 aromatic heterocycles. The highest BCUT2D eigenvalue weighted by Crippen LogP contribution is 2.27. The van der Waals surface area contributed by atoms with E-state index in [1.807, 2.05) is 38.1 Å². The fraction of sp³-hybridized carbons (Fsp3) is 0.464. The minimum atomic E-state index is -0.650. The van der Waals surface area contributed by atoms with Crippen molar-refractivity contribution in [3.63, 3.8) is 0 Å². The highest BCUT2D eigenvalue weighted by molar-refractivity contribution is 6.30. The van der Waals surface area contributed by atoms with Crippen LogP contribution in [0.1, 0.15) is 55.0 Å². The fourth-order valence-corrected chi connectivity index (χ4v) is 4.72. The van der Waals surface area contributed by atoms with Crippen LogP contribution >= 0.6 is 11.6 Å². The predicted molar refractivity (Wildman–Crippen MR) is 137 cm³/mol. The predicted octanol–water partition coefficient (Wildman–Crippen LogP) is 5.51. The van der Waals surface area contributed by atoms with E-state index in [0.29, 0.717) is 13.2 Å². The molecule has 7 heteroatoms. The number of esters is 1. The number of benzene rings is 2. The first kappa shape index (κ1) is 27.3. The van der Waals surface area contributed by atoms with Gasteiger partial charge in [-0.1, -0.05) is 35.9 Å². The van der Waals surface area contributed by atoms with Crippen molar-refractivity contribution in [2.75, 3.05) is 26.3 Å². The zero-order valence-electron chi connectivity index (χ0n) is 20.7. The third-order valence-electron chi connectivity index (χ3n) is 6.41. The number of aliphatic hydroxyl groups is 1. The Kier molecular flexibility index (Phi) is 10.3. The average molecular weight is 504 g/mol. The largest absolute Gasteiger partial charge is 0.463 e. The van der Waals surface area contributed by atoms with Gasteiger partial charge in [0.25, 0.3) is 0 Å². The number of likely N-dealkylation sites (tertiary alicyclic amines) is 1. The third-order valence-corrected chi connectivity index (χ3v) is 6.71.